The number of carbonyl (C=O) groups is 2. The normalized spacial score (nSPS) is 12.8. The van der Waals surface area contributed by atoms with Gasteiger partial charge in [0.25, 0.3) is 0 Å². The number of nitrogens with zero attached hydrogens (tertiary/aromatic N) is 2. The third kappa shape index (κ3) is 3.04. The summed E-state index contributed by atoms with van der Waals surface area (Å²) in [5.74, 6) is -0.562. The average Bonchev–Trinajstić information content (AvgIpc) is 2.49. The number of Topliss-reactive ketones (excluding diaryl/α,β-unsaturated/α-hetero) is 1. The molecule has 1 aliphatic heterocycles. The average molecular weight is 243 g/mol. The van der Waals surface area contributed by atoms with Crippen molar-refractivity contribution in [3.05, 3.63) is 47.1 Å². The molecule has 1 amide bonds. The molecule has 1 aromatic rings. The Morgan fingerprint density at radius 2 is 2.11 bits per heavy atom. The molecular weight excluding hydrogens is 230 g/mol. The van der Waals surface area contributed by atoms with Crippen LogP contribution < -0.4 is 16.0 Å². The summed E-state index contributed by atoms with van der Waals surface area (Å²) in [5, 5.41) is 7.30. The SMILES string of the molecule is CC(=O)CC(=O)NN1C=CC=c2ccccc2=N1. The van der Waals surface area contributed by atoms with Crippen LogP contribution in [0.3, 0.4) is 0 Å². The smallest absolute Gasteiger partial charge is 0.247 e. The number of ketones is 1. The van der Waals surface area contributed by atoms with E-state index in [0.717, 1.165) is 10.6 Å². The summed E-state index contributed by atoms with van der Waals surface area (Å²) in [7, 11) is 0. The fraction of sp³-hybridized carbons (Fsp3) is 0.154. The van der Waals surface area contributed by atoms with Crippen molar-refractivity contribution < 1.29 is 9.59 Å². The van der Waals surface area contributed by atoms with Crippen LogP contribution in [0.25, 0.3) is 6.08 Å². The van der Waals surface area contributed by atoms with E-state index >= 15 is 0 Å². The summed E-state index contributed by atoms with van der Waals surface area (Å²) in [4.78, 5) is 22.3. The van der Waals surface area contributed by atoms with Gasteiger partial charge in [0, 0.05) is 11.4 Å². The Morgan fingerprint density at radius 3 is 2.89 bits per heavy atom. The van der Waals surface area contributed by atoms with Crippen LogP contribution in [0.4, 0.5) is 0 Å². The van der Waals surface area contributed by atoms with Gasteiger partial charge in [-0.2, -0.15) is 10.2 Å². The van der Waals surface area contributed by atoms with E-state index in [-0.39, 0.29) is 18.1 Å². The predicted molar refractivity (Wildman–Crippen MR) is 66.1 cm³/mol. The first-order valence-corrected chi connectivity index (χ1v) is 5.55. The van der Waals surface area contributed by atoms with Crippen molar-refractivity contribution in [1.82, 2.24) is 10.5 Å². The van der Waals surface area contributed by atoms with E-state index in [2.05, 4.69) is 10.5 Å². The Hall–Kier alpha value is -2.43. The van der Waals surface area contributed by atoms with E-state index in [4.69, 9.17) is 0 Å². The first kappa shape index (κ1) is 12.0. The number of nitrogens with one attached hydrogen (secondary N) is 1. The molecule has 0 spiro atoms. The van der Waals surface area contributed by atoms with Crippen molar-refractivity contribution in [2.24, 2.45) is 5.10 Å². The summed E-state index contributed by atoms with van der Waals surface area (Å²) in [6.45, 7) is 1.37. The largest absolute Gasteiger partial charge is 0.299 e. The van der Waals surface area contributed by atoms with Crippen molar-refractivity contribution in [2.75, 3.05) is 0 Å². The Balaban J connectivity index is 2.20. The molecule has 2 rings (SSSR count). The molecule has 1 heterocycles. The molecule has 0 aromatic heterocycles. The highest BCUT2D eigenvalue weighted by Gasteiger charge is 2.07. The number of hydrazine groups is 1. The van der Waals surface area contributed by atoms with Gasteiger partial charge in [0.15, 0.2) is 0 Å². The number of fused-ring (bicyclic) bond motifs is 1. The van der Waals surface area contributed by atoms with Crippen LogP contribution in [0.2, 0.25) is 0 Å². The molecule has 0 unspecified atom stereocenters. The molecule has 0 bridgehead atoms. The first-order valence-electron chi connectivity index (χ1n) is 5.55. The maximum absolute atomic E-state index is 11.5. The Kier molecular flexibility index (Phi) is 3.52. The second-order valence-electron chi connectivity index (χ2n) is 3.93. The van der Waals surface area contributed by atoms with Gasteiger partial charge in [-0.05, 0) is 19.1 Å². The molecule has 1 aromatic carbocycles. The number of hydrogen-bond acceptors (Lipinski definition) is 4. The molecule has 0 fully saturated rings. The summed E-state index contributed by atoms with van der Waals surface area (Å²) >= 11 is 0. The predicted octanol–water partition coefficient (Wildman–Crippen LogP) is -0.159. The van der Waals surface area contributed by atoms with E-state index in [1.54, 1.807) is 12.3 Å². The Labute approximate surface area is 104 Å². The number of rotatable bonds is 3. The molecule has 5 nitrogen and oxygen atoms in total. The van der Waals surface area contributed by atoms with E-state index in [9.17, 15) is 9.59 Å². The lowest BCUT2D eigenvalue weighted by Crippen LogP contribution is -2.38. The van der Waals surface area contributed by atoms with Crippen molar-refractivity contribution in [1.29, 1.82) is 0 Å². The quantitative estimate of drug-likeness (QED) is 0.750. The molecule has 0 aliphatic carbocycles. The van der Waals surface area contributed by atoms with Gasteiger partial charge in [0.05, 0.1) is 11.8 Å². The standard InChI is InChI=1S/C13H13N3O2/c1-10(17)9-13(18)15-16-8-4-6-11-5-2-3-7-12(11)14-16/h2-8H,9H2,1H3,(H,15,18). The molecule has 1 N–H and O–H groups in total. The number of carbonyl (C=O) groups excluding carboxylic acids is 2. The highest BCUT2D eigenvalue weighted by Crippen LogP contribution is 1.91. The van der Waals surface area contributed by atoms with Crippen LogP contribution in [0.1, 0.15) is 13.3 Å². The van der Waals surface area contributed by atoms with Gasteiger partial charge in [0.1, 0.15) is 5.78 Å². The third-order valence-electron chi connectivity index (χ3n) is 2.30. The second kappa shape index (κ2) is 5.27. The van der Waals surface area contributed by atoms with Crippen LogP contribution in [-0.4, -0.2) is 16.8 Å². The van der Waals surface area contributed by atoms with E-state index in [0.29, 0.717) is 0 Å². The molecule has 5 heteroatoms. The summed E-state index contributed by atoms with van der Waals surface area (Å²) < 4.78 is 0. The van der Waals surface area contributed by atoms with Gasteiger partial charge in [-0.25, -0.2) is 5.43 Å². The number of benzene rings is 1. The number of amides is 1. The minimum absolute atomic E-state index is 0.148. The van der Waals surface area contributed by atoms with Crippen molar-refractivity contribution in [3.8, 4) is 0 Å². The van der Waals surface area contributed by atoms with Gasteiger partial charge in [-0.1, -0.05) is 24.3 Å². The third-order valence-corrected chi connectivity index (χ3v) is 2.30. The van der Waals surface area contributed by atoms with Crippen molar-refractivity contribution in [3.63, 3.8) is 0 Å². The fourth-order valence-corrected chi connectivity index (χ4v) is 1.55. The monoisotopic (exact) mass is 243 g/mol. The Bertz CT molecular complexity index is 619. The van der Waals surface area contributed by atoms with E-state index in [1.165, 1.54) is 12.0 Å². The molecule has 92 valence electrons. The zero-order chi connectivity index (χ0) is 13.0. The molecule has 0 saturated heterocycles. The fourth-order valence-electron chi connectivity index (χ4n) is 1.55. The zero-order valence-corrected chi connectivity index (χ0v) is 9.96. The molecule has 1 aliphatic rings. The molecular formula is C13H13N3O2. The maximum Gasteiger partial charge on any atom is 0.247 e. The van der Waals surface area contributed by atoms with Gasteiger partial charge in [-0.3, -0.25) is 9.59 Å². The van der Waals surface area contributed by atoms with Crippen molar-refractivity contribution in [2.45, 2.75) is 13.3 Å². The summed E-state index contributed by atoms with van der Waals surface area (Å²) in [6, 6.07) is 7.58. The minimum Gasteiger partial charge on any atom is -0.299 e. The first-order chi connectivity index (χ1) is 8.65. The van der Waals surface area contributed by atoms with Crippen LogP contribution in [0.5, 0.6) is 0 Å². The highest BCUT2D eigenvalue weighted by atomic mass is 16.2. The van der Waals surface area contributed by atoms with Crippen molar-refractivity contribution >= 4 is 17.8 Å². The number of allylic oxidation sites excluding steroid dienone is 1. The van der Waals surface area contributed by atoms with Gasteiger partial charge >= 0.3 is 0 Å². The number of hydrogen-bond donors (Lipinski definition) is 1. The van der Waals surface area contributed by atoms with Gasteiger partial charge < -0.3 is 0 Å². The van der Waals surface area contributed by atoms with E-state index < -0.39 is 0 Å². The lowest BCUT2D eigenvalue weighted by molar-refractivity contribution is -0.129. The van der Waals surface area contributed by atoms with E-state index in [1.807, 2.05) is 30.3 Å². The maximum atomic E-state index is 11.5. The highest BCUT2D eigenvalue weighted by molar-refractivity contribution is 5.96. The lowest BCUT2D eigenvalue weighted by atomic mass is 10.3. The molecule has 0 radical (unpaired) electrons. The Morgan fingerprint density at radius 1 is 1.33 bits per heavy atom. The summed E-state index contributed by atoms with van der Waals surface area (Å²) in [5.41, 5.74) is 2.53. The second-order valence-corrected chi connectivity index (χ2v) is 3.93. The van der Waals surface area contributed by atoms with Crippen LogP contribution in [0.15, 0.2) is 41.6 Å². The van der Waals surface area contributed by atoms with Crippen LogP contribution in [-0.2, 0) is 9.59 Å². The molecule has 0 atom stereocenters. The van der Waals surface area contributed by atoms with Gasteiger partial charge in [0.2, 0.25) is 5.91 Å². The lowest BCUT2D eigenvalue weighted by Gasteiger charge is -2.13. The summed E-state index contributed by atoms with van der Waals surface area (Å²) in [6.07, 6.45) is 5.16. The molecule has 0 saturated carbocycles. The van der Waals surface area contributed by atoms with Crippen LogP contribution >= 0.6 is 0 Å². The van der Waals surface area contributed by atoms with Gasteiger partial charge in [-0.15, -0.1) is 0 Å². The van der Waals surface area contributed by atoms with Crippen LogP contribution in [0, 0.1) is 0 Å². The zero-order valence-electron chi connectivity index (χ0n) is 9.96. The minimum atomic E-state index is -0.379. The topological polar surface area (TPSA) is 61.8 Å². The molecule has 18 heavy (non-hydrogen) atoms.